The topological polar surface area (TPSA) is 130 Å². The van der Waals surface area contributed by atoms with E-state index in [1.807, 2.05) is 13.8 Å². The fourth-order valence-electron chi connectivity index (χ4n) is 7.01. The summed E-state index contributed by atoms with van der Waals surface area (Å²) in [5, 5.41) is 0. The number of ketones is 3. The molecule has 0 N–H and O–H groups in total. The largest absolute Gasteiger partial charge is 0.469 e. The van der Waals surface area contributed by atoms with E-state index in [-0.39, 0.29) is 42.2 Å². The fourth-order valence-corrected chi connectivity index (χ4v) is 7.01. The van der Waals surface area contributed by atoms with Crippen LogP contribution in [0.4, 0.5) is 0 Å². The Morgan fingerprint density at radius 3 is 2.49 bits per heavy atom. The third kappa shape index (κ3) is 4.15. The average Bonchev–Trinajstić information content (AvgIpc) is 2.76. The second-order valence-corrected chi connectivity index (χ2v) is 10.6. The second-order valence-electron chi connectivity index (χ2n) is 10.6. The lowest BCUT2D eigenvalue weighted by Crippen LogP contribution is -2.65. The van der Waals surface area contributed by atoms with Gasteiger partial charge in [-0.05, 0) is 48.3 Å². The van der Waals surface area contributed by atoms with Crippen LogP contribution in [0, 0.1) is 28.6 Å². The lowest BCUT2D eigenvalue weighted by molar-refractivity contribution is -0.209. The van der Waals surface area contributed by atoms with E-state index in [9.17, 15) is 28.8 Å². The van der Waals surface area contributed by atoms with Gasteiger partial charge in [0.15, 0.2) is 23.5 Å². The zero-order chi connectivity index (χ0) is 25.7. The standard InChI is InChI=1S/C26H30O9/c1-13(27)34-20-11-18(23(31)33-4)25(2)8-7-17-24(32)35-16(12-26(17,3)22(25)21(20)30)10-14-9-15(28)5-6-19(14)29/h5-6,9,16-18,20,22H,7-8,10-12H2,1-4H3/t16-,17+,18+,20+,22+,25+,26+/m1/s1. The number of esters is 3. The maximum Gasteiger partial charge on any atom is 0.309 e. The summed E-state index contributed by atoms with van der Waals surface area (Å²) in [6.07, 6.45) is 2.98. The van der Waals surface area contributed by atoms with Gasteiger partial charge in [-0.2, -0.15) is 0 Å². The van der Waals surface area contributed by atoms with Gasteiger partial charge in [-0.15, -0.1) is 0 Å². The highest BCUT2D eigenvalue weighted by Gasteiger charge is 2.67. The molecule has 188 valence electrons. The van der Waals surface area contributed by atoms with Crippen molar-refractivity contribution in [2.45, 2.75) is 65.1 Å². The van der Waals surface area contributed by atoms with Crippen LogP contribution in [-0.2, 0) is 43.0 Å². The van der Waals surface area contributed by atoms with Gasteiger partial charge in [-0.3, -0.25) is 28.8 Å². The van der Waals surface area contributed by atoms with Gasteiger partial charge >= 0.3 is 17.9 Å². The third-order valence-corrected chi connectivity index (χ3v) is 8.44. The molecule has 0 aromatic rings. The first-order valence-electron chi connectivity index (χ1n) is 11.9. The van der Waals surface area contributed by atoms with Crippen molar-refractivity contribution in [1.82, 2.24) is 0 Å². The van der Waals surface area contributed by atoms with E-state index < -0.39 is 58.7 Å². The van der Waals surface area contributed by atoms with Crippen molar-refractivity contribution in [2.75, 3.05) is 7.11 Å². The van der Waals surface area contributed by atoms with E-state index >= 15 is 0 Å². The maximum absolute atomic E-state index is 13.8. The zero-order valence-corrected chi connectivity index (χ0v) is 20.3. The number of ether oxygens (including phenoxy) is 3. The highest BCUT2D eigenvalue weighted by atomic mass is 16.6. The number of allylic oxidation sites excluding steroid dienone is 3. The smallest absolute Gasteiger partial charge is 0.309 e. The van der Waals surface area contributed by atoms with Crippen LogP contribution in [0.25, 0.3) is 0 Å². The highest BCUT2D eigenvalue weighted by Crippen LogP contribution is 2.64. The molecule has 35 heavy (non-hydrogen) atoms. The van der Waals surface area contributed by atoms with E-state index in [0.717, 1.165) is 0 Å². The number of hydrogen-bond acceptors (Lipinski definition) is 9. The van der Waals surface area contributed by atoms with Gasteiger partial charge in [0.05, 0.1) is 18.9 Å². The number of carbonyl (C=O) groups excluding carboxylic acids is 6. The monoisotopic (exact) mass is 486 g/mol. The number of cyclic esters (lactones) is 1. The Bertz CT molecular complexity index is 1070. The lowest BCUT2D eigenvalue weighted by atomic mass is 9.43. The van der Waals surface area contributed by atoms with Crippen molar-refractivity contribution in [2.24, 2.45) is 28.6 Å². The molecule has 7 atom stereocenters. The Hall–Kier alpha value is -3.10. The molecule has 4 aliphatic rings. The van der Waals surface area contributed by atoms with E-state index in [1.54, 1.807) is 0 Å². The average molecular weight is 487 g/mol. The molecule has 0 radical (unpaired) electrons. The van der Waals surface area contributed by atoms with Crippen molar-refractivity contribution < 1.29 is 43.0 Å². The van der Waals surface area contributed by atoms with Crippen LogP contribution in [0.5, 0.6) is 0 Å². The van der Waals surface area contributed by atoms with Gasteiger partial charge in [0.1, 0.15) is 6.10 Å². The van der Waals surface area contributed by atoms with E-state index in [0.29, 0.717) is 12.8 Å². The maximum atomic E-state index is 13.8. The minimum Gasteiger partial charge on any atom is -0.469 e. The number of methoxy groups -OCH3 is 1. The number of fused-ring (bicyclic) bond motifs is 3. The van der Waals surface area contributed by atoms with Crippen LogP contribution < -0.4 is 0 Å². The summed E-state index contributed by atoms with van der Waals surface area (Å²) < 4.78 is 16.1. The molecule has 1 aliphatic heterocycles. The van der Waals surface area contributed by atoms with Crippen molar-refractivity contribution in [3.63, 3.8) is 0 Å². The first-order valence-corrected chi connectivity index (χ1v) is 11.9. The SMILES string of the molecule is COC(=O)[C@@H]1C[C@H](OC(C)=O)C(=O)[C@H]2[C@@]1(C)CC[C@H]1C(=O)O[C@H](CC3=CC(=O)C=CC3=O)C[C@]21C. The van der Waals surface area contributed by atoms with E-state index in [1.165, 1.54) is 32.3 Å². The van der Waals surface area contributed by atoms with Gasteiger partial charge in [0, 0.05) is 31.3 Å². The fraction of sp³-hybridized carbons (Fsp3) is 0.615. The Balaban J connectivity index is 1.72. The molecule has 0 aromatic heterocycles. The molecule has 9 heteroatoms. The minimum atomic E-state index is -1.12. The summed E-state index contributed by atoms with van der Waals surface area (Å²) >= 11 is 0. The molecule has 0 amide bonds. The number of rotatable bonds is 4. The van der Waals surface area contributed by atoms with Gasteiger partial charge in [0.2, 0.25) is 0 Å². The normalized spacial score (nSPS) is 38.6. The lowest BCUT2D eigenvalue weighted by Gasteiger charge is -2.61. The quantitative estimate of drug-likeness (QED) is 0.333. The van der Waals surface area contributed by atoms with Gasteiger partial charge < -0.3 is 14.2 Å². The first-order chi connectivity index (χ1) is 16.4. The second kappa shape index (κ2) is 8.84. The molecule has 0 aromatic carbocycles. The summed E-state index contributed by atoms with van der Waals surface area (Å²) in [4.78, 5) is 75.6. The Morgan fingerprint density at radius 2 is 1.83 bits per heavy atom. The van der Waals surface area contributed by atoms with Crippen molar-refractivity contribution >= 4 is 35.3 Å². The summed E-state index contributed by atoms with van der Waals surface area (Å²) in [6.45, 7) is 4.92. The molecule has 1 saturated heterocycles. The number of hydrogen-bond donors (Lipinski definition) is 0. The Labute approximate surface area is 203 Å². The zero-order valence-electron chi connectivity index (χ0n) is 20.3. The Kier molecular flexibility index (Phi) is 6.32. The molecular weight excluding hydrogens is 456 g/mol. The Morgan fingerprint density at radius 1 is 1.11 bits per heavy atom. The van der Waals surface area contributed by atoms with Crippen LogP contribution in [0.15, 0.2) is 23.8 Å². The molecule has 9 nitrogen and oxygen atoms in total. The summed E-state index contributed by atoms with van der Waals surface area (Å²) in [5.74, 6) is -4.59. The van der Waals surface area contributed by atoms with Gasteiger partial charge in [-0.1, -0.05) is 13.8 Å². The van der Waals surface area contributed by atoms with Gasteiger partial charge in [0.25, 0.3) is 0 Å². The summed E-state index contributed by atoms with van der Waals surface area (Å²) in [5.41, 5.74) is -1.48. The molecular formula is C26H30O9. The molecule has 3 fully saturated rings. The summed E-state index contributed by atoms with van der Waals surface area (Å²) in [6, 6.07) is 0. The van der Waals surface area contributed by atoms with Crippen LogP contribution in [0.1, 0.15) is 52.9 Å². The van der Waals surface area contributed by atoms with E-state index in [2.05, 4.69) is 0 Å². The van der Waals surface area contributed by atoms with Crippen molar-refractivity contribution in [3.8, 4) is 0 Å². The first kappa shape index (κ1) is 25.0. The molecule has 1 heterocycles. The molecule has 3 aliphatic carbocycles. The molecule has 4 rings (SSSR count). The van der Waals surface area contributed by atoms with Crippen LogP contribution in [0.3, 0.4) is 0 Å². The summed E-state index contributed by atoms with van der Waals surface area (Å²) in [7, 11) is 1.28. The predicted molar refractivity (Wildman–Crippen MR) is 119 cm³/mol. The molecule has 2 saturated carbocycles. The minimum absolute atomic E-state index is 0.0303. The van der Waals surface area contributed by atoms with Crippen molar-refractivity contribution in [3.05, 3.63) is 23.8 Å². The number of carbonyl (C=O) groups is 6. The molecule has 0 spiro atoms. The highest BCUT2D eigenvalue weighted by molar-refractivity contribution is 6.17. The van der Waals surface area contributed by atoms with Crippen molar-refractivity contribution in [1.29, 1.82) is 0 Å². The third-order valence-electron chi connectivity index (χ3n) is 8.44. The van der Waals surface area contributed by atoms with E-state index in [4.69, 9.17) is 14.2 Å². The van der Waals surface area contributed by atoms with Crippen LogP contribution in [-0.4, -0.2) is 54.6 Å². The number of Topliss-reactive ketones (excluding diaryl/α,β-unsaturated/α-hetero) is 1. The predicted octanol–water partition coefficient (Wildman–Crippen LogP) is 2.06. The van der Waals surface area contributed by atoms with Gasteiger partial charge in [-0.25, -0.2) is 0 Å². The molecule has 0 unspecified atom stereocenters. The van der Waals surface area contributed by atoms with Crippen LogP contribution in [0.2, 0.25) is 0 Å². The molecule has 0 bridgehead atoms. The van der Waals surface area contributed by atoms with Crippen LogP contribution >= 0.6 is 0 Å².